The summed E-state index contributed by atoms with van der Waals surface area (Å²) in [4.78, 5) is 26.7. The summed E-state index contributed by atoms with van der Waals surface area (Å²) in [5, 5.41) is 4.25. The number of carbonyl (C=O) groups excluding carboxylic acids is 1. The van der Waals surface area contributed by atoms with Gasteiger partial charge in [0.2, 0.25) is 5.91 Å². The SMILES string of the molecule is CN1CCN(c2cc(N3CCOC(Cn4cccn4)C3)ncn2)CC1=O. The summed E-state index contributed by atoms with van der Waals surface area (Å²) in [6.45, 7) is 4.75. The van der Waals surface area contributed by atoms with Crippen LogP contribution in [0.5, 0.6) is 0 Å². The Hall–Kier alpha value is -2.68. The van der Waals surface area contributed by atoms with Crippen molar-refractivity contribution >= 4 is 17.5 Å². The van der Waals surface area contributed by atoms with E-state index in [0.717, 1.165) is 31.3 Å². The molecule has 1 amide bonds. The van der Waals surface area contributed by atoms with Gasteiger partial charge in [0.05, 0.1) is 25.8 Å². The number of hydrogen-bond donors (Lipinski definition) is 0. The normalized spacial score (nSPS) is 21.3. The summed E-state index contributed by atoms with van der Waals surface area (Å²) in [7, 11) is 1.83. The largest absolute Gasteiger partial charge is 0.373 e. The van der Waals surface area contributed by atoms with Gasteiger partial charge >= 0.3 is 0 Å². The maximum absolute atomic E-state index is 12.0. The molecule has 0 bridgehead atoms. The first-order valence-electron chi connectivity index (χ1n) is 8.84. The van der Waals surface area contributed by atoms with Crippen molar-refractivity contribution in [2.24, 2.45) is 0 Å². The number of morpholine rings is 1. The van der Waals surface area contributed by atoms with Crippen molar-refractivity contribution in [2.75, 3.05) is 56.2 Å². The first kappa shape index (κ1) is 16.8. The van der Waals surface area contributed by atoms with Gasteiger partial charge in [-0.25, -0.2) is 9.97 Å². The molecule has 0 spiro atoms. The molecule has 1 unspecified atom stereocenters. The Bertz CT molecular complexity index is 751. The van der Waals surface area contributed by atoms with Crippen molar-refractivity contribution in [1.29, 1.82) is 0 Å². The van der Waals surface area contributed by atoms with Gasteiger partial charge in [0, 0.05) is 51.7 Å². The van der Waals surface area contributed by atoms with Crippen molar-refractivity contribution in [3.63, 3.8) is 0 Å². The van der Waals surface area contributed by atoms with Crippen LogP contribution in [0.2, 0.25) is 0 Å². The standard InChI is InChI=1S/C17H23N7O2/c1-21-5-6-22(12-17(21)25)15-9-16(19-13-18-15)23-7-8-26-14(10-23)11-24-4-2-3-20-24/h2-4,9,13-14H,5-8,10-12H2,1H3. The number of aromatic nitrogens is 4. The Morgan fingerprint density at radius 2 is 2.04 bits per heavy atom. The van der Waals surface area contributed by atoms with Crippen molar-refractivity contribution in [3.05, 3.63) is 30.9 Å². The van der Waals surface area contributed by atoms with Crippen LogP contribution < -0.4 is 9.80 Å². The predicted molar refractivity (Wildman–Crippen MR) is 96.1 cm³/mol. The number of rotatable bonds is 4. The molecule has 2 aliphatic rings. The molecular weight excluding hydrogens is 334 g/mol. The fraction of sp³-hybridized carbons (Fsp3) is 0.529. The smallest absolute Gasteiger partial charge is 0.241 e. The van der Waals surface area contributed by atoms with E-state index in [9.17, 15) is 4.79 Å². The minimum Gasteiger partial charge on any atom is -0.373 e. The number of piperazine rings is 1. The van der Waals surface area contributed by atoms with E-state index in [4.69, 9.17) is 4.74 Å². The zero-order valence-electron chi connectivity index (χ0n) is 14.9. The molecule has 2 fully saturated rings. The zero-order valence-corrected chi connectivity index (χ0v) is 14.9. The Labute approximate surface area is 152 Å². The van der Waals surface area contributed by atoms with Gasteiger partial charge in [-0.1, -0.05) is 0 Å². The number of anilines is 2. The van der Waals surface area contributed by atoms with Crippen LogP contribution in [0.3, 0.4) is 0 Å². The maximum Gasteiger partial charge on any atom is 0.241 e. The van der Waals surface area contributed by atoms with Crippen molar-refractivity contribution < 1.29 is 9.53 Å². The minimum absolute atomic E-state index is 0.0623. The molecule has 4 heterocycles. The second-order valence-electron chi connectivity index (χ2n) is 6.64. The zero-order chi connectivity index (χ0) is 17.9. The Balaban J connectivity index is 1.45. The highest BCUT2D eigenvalue weighted by Crippen LogP contribution is 2.21. The van der Waals surface area contributed by atoms with E-state index in [1.165, 1.54) is 0 Å². The molecule has 0 saturated carbocycles. The summed E-state index contributed by atoms with van der Waals surface area (Å²) in [5.41, 5.74) is 0. The van der Waals surface area contributed by atoms with Gasteiger partial charge in [-0.3, -0.25) is 9.48 Å². The monoisotopic (exact) mass is 357 g/mol. The quantitative estimate of drug-likeness (QED) is 0.753. The highest BCUT2D eigenvalue weighted by Gasteiger charge is 2.25. The van der Waals surface area contributed by atoms with Crippen LogP contribution >= 0.6 is 0 Å². The van der Waals surface area contributed by atoms with E-state index in [-0.39, 0.29) is 12.0 Å². The van der Waals surface area contributed by atoms with E-state index >= 15 is 0 Å². The summed E-state index contributed by atoms with van der Waals surface area (Å²) in [6.07, 6.45) is 5.35. The minimum atomic E-state index is 0.0623. The summed E-state index contributed by atoms with van der Waals surface area (Å²) >= 11 is 0. The van der Waals surface area contributed by atoms with Gasteiger partial charge in [0.15, 0.2) is 0 Å². The number of hydrogen-bond acceptors (Lipinski definition) is 7. The van der Waals surface area contributed by atoms with Crippen LogP contribution in [0.4, 0.5) is 11.6 Å². The number of carbonyl (C=O) groups is 1. The second-order valence-corrected chi connectivity index (χ2v) is 6.64. The summed E-state index contributed by atoms with van der Waals surface area (Å²) in [6, 6.07) is 3.88. The van der Waals surface area contributed by atoms with Crippen molar-refractivity contribution in [2.45, 2.75) is 12.6 Å². The molecule has 1 atom stereocenters. The Morgan fingerprint density at radius 1 is 1.19 bits per heavy atom. The van der Waals surface area contributed by atoms with Gasteiger partial charge in [0.25, 0.3) is 0 Å². The lowest BCUT2D eigenvalue weighted by Crippen LogP contribution is -2.49. The number of ether oxygens (including phenoxy) is 1. The highest BCUT2D eigenvalue weighted by atomic mass is 16.5. The maximum atomic E-state index is 12.0. The molecular formula is C17H23N7O2. The van der Waals surface area contributed by atoms with Crippen LogP contribution in [0.1, 0.15) is 0 Å². The topological polar surface area (TPSA) is 79.6 Å². The van der Waals surface area contributed by atoms with Gasteiger partial charge in [0.1, 0.15) is 18.0 Å². The van der Waals surface area contributed by atoms with E-state index in [1.54, 1.807) is 17.4 Å². The van der Waals surface area contributed by atoms with E-state index in [2.05, 4.69) is 20.0 Å². The molecule has 138 valence electrons. The summed E-state index contributed by atoms with van der Waals surface area (Å²) in [5.74, 6) is 1.78. The third-order valence-corrected chi connectivity index (χ3v) is 4.83. The first-order chi connectivity index (χ1) is 12.7. The molecule has 9 nitrogen and oxygen atoms in total. The first-order valence-corrected chi connectivity index (χ1v) is 8.84. The summed E-state index contributed by atoms with van der Waals surface area (Å²) < 4.78 is 7.75. The van der Waals surface area contributed by atoms with Gasteiger partial charge in [-0.05, 0) is 6.07 Å². The molecule has 9 heteroatoms. The lowest BCUT2D eigenvalue weighted by atomic mass is 10.2. The van der Waals surface area contributed by atoms with Crippen molar-refractivity contribution in [1.82, 2.24) is 24.6 Å². The van der Waals surface area contributed by atoms with Gasteiger partial charge < -0.3 is 19.4 Å². The highest BCUT2D eigenvalue weighted by molar-refractivity contribution is 5.82. The molecule has 2 saturated heterocycles. The molecule has 2 aliphatic heterocycles. The predicted octanol–water partition coefficient (Wildman–Crippen LogP) is -0.143. The van der Waals surface area contributed by atoms with Crippen LogP contribution in [-0.2, 0) is 16.1 Å². The lowest BCUT2D eigenvalue weighted by molar-refractivity contribution is -0.129. The van der Waals surface area contributed by atoms with E-state index in [1.807, 2.05) is 35.0 Å². The molecule has 26 heavy (non-hydrogen) atoms. The molecule has 0 aromatic carbocycles. The Morgan fingerprint density at radius 3 is 2.81 bits per heavy atom. The third-order valence-electron chi connectivity index (χ3n) is 4.83. The molecule has 0 N–H and O–H groups in total. The van der Waals surface area contributed by atoms with E-state index in [0.29, 0.717) is 26.2 Å². The molecule has 4 rings (SSSR count). The number of likely N-dealkylation sites (N-methyl/N-ethyl adjacent to an activating group) is 1. The second kappa shape index (κ2) is 7.28. The third kappa shape index (κ3) is 3.62. The van der Waals surface area contributed by atoms with Crippen LogP contribution in [0, 0.1) is 0 Å². The van der Waals surface area contributed by atoms with Gasteiger partial charge in [-0.15, -0.1) is 0 Å². The van der Waals surface area contributed by atoms with Gasteiger partial charge in [-0.2, -0.15) is 5.10 Å². The molecule has 0 aliphatic carbocycles. The average molecular weight is 357 g/mol. The fourth-order valence-electron chi connectivity index (χ4n) is 3.29. The number of nitrogens with zero attached hydrogens (tertiary/aromatic N) is 7. The van der Waals surface area contributed by atoms with E-state index < -0.39 is 0 Å². The average Bonchev–Trinajstić information content (AvgIpc) is 3.17. The van der Waals surface area contributed by atoms with Crippen LogP contribution in [-0.4, -0.2) is 83.0 Å². The Kier molecular flexibility index (Phi) is 4.70. The molecule has 0 radical (unpaired) electrons. The van der Waals surface area contributed by atoms with Crippen molar-refractivity contribution in [3.8, 4) is 0 Å². The molecule has 2 aromatic rings. The van der Waals surface area contributed by atoms with Crippen LogP contribution in [0.15, 0.2) is 30.9 Å². The number of amides is 1. The molecule has 2 aromatic heterocycles. The fourth-order valence-corrected chi connectivity index (χ4v) is 3.29. The van der Waals surface area contributed by atoms with Crippen LogP contribution in [0.25, 0.3) is 0 Å². The lowest BCUT2D eigenvalue weighted by Gasteiger charge is -2.35.